The van der Waals surface area contributed by atoms with Crippen LogP contribution in [-0.4, -0.2) is 38.3 Å². The molecule has 0 atom stereocenters. The first-order valence-electron chi connectivity index (χ1n) is 9.87. The first kappa shape index (κ1) is 19.8. The van der Waals surface area contributed by atoms with Crippen LogP contribution in [0.15, 0.2) is 54.6 Å². The van der Waals surface area contributed by atoms with E-state index < -0.39 is 5.82 Å². The number of hydrogen-bond acceptors (Lipinski definition) is 4. The summed E-state index contributed by atoms with van der Waals surface area (Å²) < 4.78 is 15.2. The van der Waals surface area contributed by atoms with E-state index in [-0.39, 0.29) is 18.2 Å². The number of aryl methyl sites for hydroxylation is 1. The first-order valence-corrected chi connectivity index (χ1v) is 9.87. The Bertz CT molecular complexity index is 1050. The molecule has 8 heteroatoms. The smallest absolute Gasteiger partial charge is 0.254 e. The van der Waals surface area contributed by atoms with Gasteiger partial charge >= 0.3 is 0 Å². The number of carbonyl (C=O) groups excluding carboxylic acids is 2. The molecule has 0 saturated carbocycles. The van der Waals surface area contributed by atoms with Crippen LogP contribution in [0.3, 0.4) is 0 Å². The molecule has 0 saturated heterocycles. The normalized spacial score (nSPS) is 13.0. The minimum absolute atomic E-state index is 0.0656. The Morgan fingerprint density at radius 3 is 2.70 bits per heavy atom. The lowest BCUT2D eigenvalue weighted by Gasteiger charge is -2.27. The van der Waals surface area contributed by atoms with Gasteiger partial charge in [-0.1, -0.05) is 41.6 Å². The number of aromatic nitrogens is 3. The van der Waals surface area contributed by atoms with Gasteiger partial charge in [-0.2, -0.15) is 0 Å². The maximum absolute atomic E-state index is 13.5. The molecule has 2 aromatic carbocycles. The summed E-state index contributed by atoms with van der Waals surface area (Å²) in [5.41, 5.74) is 2.89. The van der Waals surface area contributed by atoms with E-state index in [0.717, 1.165) is 11.3 Å². The van der Waals surface area contributed by atoms with Gasteiger partial charge in [0.2, 0.25) is 5.91 Å². The summed E-state index contributed by atoms with van der Waals surface area (Å²) in [4.78, 5) is 26.6. The van der Waals surface area contributed by atoms with Crippen molar-refractivity contribution in [1.82, 2.24) is 25.2 Å². The summed E-state index contributed by atoms with van der Waals surface area (Å²) >= 11 is 0. The largest absolute Gasteiger partial charge is 0.352 e. The van der Waals surface area contributed by atoms with Gasteiger partial charge in [-0.15, -0.1) is 5.10 Å². The van der Waals surface area contributed by atoms with Crippen LogP contribution in [0.25, 0.3) is 0 Å². The van der Waals surface area contributed by atoms with Crippen LogP contribution in [0.4, 0.5) is 4.39 Å². The Kier molecular flexibility index (Phi) is 5.83. The van der Waals surface area contributed by atoms with Crippen LogP contribution < -0.4 is 5.32 Å². The number of amides is 2. The second kappa shape index (κ2) is 8.86. The van der Waals surface area contributed by atoms with Gasteiger partial charge < -0.3 is 10.2 Å². The van der Waals surface area contributed by atoms with Gasteiger partial charge in [0.1, 0.15) is 5.82 Å². The van der Waals surface area contributed by atoms with E-state index in [1.54, 1.807) is 15.6 Å². The van der Waals surface area contributed by atoms with Crippen molar-refractivity contribution in [1.29, 1.82) is 0 Å². The monoisotopic (exact) mass is 407 g/mol. The molecule has 0 fully saturated rings. The fourth-order valence-electron chi connectivity index (χ4n) is 3.49. The van der Waals surface area contributed by atoms with Crippen LogP contribution in [0.1, 0.15) is 33.7 Å². The third-order valence-corrected chi connectivity index (χ3v) is 5.12. The Morgan fingerprint density at radius 2 is 1.90 bits per heavy atom. The summed E-state index contributed by atoms with van der Waals surface area (Å²) in [6.07, 6.45) is 0.730. The SMILES string of the molecule is O=C(CCc1nnn2c1CN(C(=O)c1cccc(F)c1)CC2)NCc1ccccc1. The van der Waals surface area contributed by atoms with E-state index in [1.807, 2.05) is 30.3 Å². The fraction of sp³-hybridized carbons (Fsp3) is 0.273. The van der Waals surface area contributed by atoms with Gasteiger partial charge in [0.25, 0.3) is 5.91 Å². The molecule has 1 aromatic heterocycles. The number of halogens is 1. The van der Waals surface area contributed by atoms with Crippen LogP contribution in [-0.2, 0) is 30.8 Å². The predicted molar refractivity (Wildman–Crippen MR) is 108 cm³/mol. The van der Waals surface area contributed by atoms with Gasteiger partial charge in [0.05, 0.1) is 24.5 Å². The maximum Gasteiger partial charge on any atom is 0.254 e. The minimum Gasteiger partial charge on any atom is -0.352 e. The molecule has 154 valence electrons. The van der Waals surface area contributed by atoms with E-state index in [9.17, 15) is 14.0 Å². The zero-order valence-electron chi connectivity index (χ0n) is 16.4. The Morgan fingerprint density at radius 1 is 1.07 bits per heavy atom. The number of carbonyl (C=O) groups is 2. The third kappa shape index (κ3) is 4.53. The molecule has 2 heterocycles. The molecule has 3 aromatic rings. The number of hydrogen-bond donors (Lipinski definition) is 1. The molecule has 0 radical (unpaired) electrons. The zero-order valence-corrected chi connectivity index (χ0v) is 16.4. The zero-order chi connectivity index (χ0) is 20.9. The molecule has 30 heavy (non-hydrogen) atoms. The highest BCUT2D eigenvalue weighted by molar-refractivity contribution is 5.94. The molecule has 0 bridgehead atoms. The summed E-state index contributed by atoms with van der Waals surface area (Å²) in [5, 5.41) is 11.3. The van der Waals surface area contributed by atoms with Crippen molar-refractivity contribution in [3.63, 3.8) is 0 Å². The quantitative estimate of drug-likeness (QED) is 0.680. The molecule has 4 rings (SSSR count). The Hall–Kier alpha value is -3.55. The van der Waals surface area contributed by atoms with Crippen molar-refractivity contribution < 1.29 is 14.0 Å². The highest BCUT2D eigenvalue weighted by Gasteiger charge is 2.26. The lowest BCUT2D eigenvalue weighted by molar-refractivity contribution is -0.121. The lowest BCUT2D eigenvalue weighted by Crippen LogP contribution is -2.38. The molecule has 1 aliphatic heterocycles. The van der Waals surface area contributed by atoms with Crippen molar-refractivity contribution in [2.45, 2.75) is 32.5 Å². The Labute approximate surface area is 173 Å². The van der Waals surface area contributed by atoms with Crippen LogP contribution in [0.2, 0.25) is 0 Å². The number of benzene rings is 2. The molecule has 0 aliphatic carbocycles. The van der Waals surface area contributed by atoms with Crippen molar-refractivity contribution in [2.75, 3.05) is 6.54 Å². The van der Waals surface area contributed by atoms with Crippen molar-refractivity contribution >= 4 is 11.8 Å². The topological polar surface area (TPSA) is 80.1 Å². The standard InChI is InChI=1S/C22H22FN5O2/c23-18-8-4-7-17(13-18)22(30)27-11-12-28-20(15-27)19(25-26-28)9-10-21(29)24-14-16-5-2-1-3-6-16/h1-8,13H,9-12,14-15H2,(H,24,29). The third-order valence-electron chi connectivity index (χ3n) is 5.12. The summed E-state index contributed by atoms with van der Waals surface area (Å²) in [6.45, 7) is 1.81. The van der Waals surface area contributed by atoms with E-state index in [4.69, 9.17) is 0 Å². The van der Waals surface area contributed by atoms with E-state index in [2.05, 4.69) is 15.6 Å². The highest BCUT2D eigenvalue weighted by Crippen LogP contribution is 2.18. The molecular formula is C22H22FN5O2. The lowest BCUT2D eigenvalue weighted by atomic mass is 10.1. The fourth-order valence-corrected chi connectivity index (χ4v) is 3.49. The first-order chi connectivity index (χ1) is 14.6. The average molecular weight is 407 g/mol. The van der Waals surface area contributed by atoms with E-state index >= 15 is 0 Å². The number of nitrogens with one attached hydrogen (secondary N) is 1. The van der Waals surface area contributed by atoms with Crippen molar-refractivity contribution in [2.24, 2.45) is 0 Å². The minimum atomic E-state index is -0.438. The second-order valence-electron chi connectivity index (χ2n) is 7.21. The second-order valence-corrected chi connectivity index (χ2v) is 7.21. The Balaban J connectivity index is 1.36. The molecule has 0 spiro atoms. The average Bonchev–Trinajstić information content (AvgIpc) is 3.18. The van der Waals surface area contributed by atoms with Crippen molar-refractivity contribution in [3.05, 3.63) is 82.9 Å². The summed E-state index contributed by atoms with van der Waals surface area (Å²) in [5.74, 6) is -0.732. The number of rotatable bonds is 6. The number of nitrogens with zero attached hydrogens (tertiary/aromatic N) is 4. The highest BCUT2D eigenvalue weighted by atomic mass is 19.1. The molecule has 7 nitrogen and oxygen atoms in total. The maximum atomic E-state index is 13.5. The molecule has 2 amide bonds. The van der Waals surface area contributed by atoms with Gasteiger partial charge in [0.15, 0.2) is 0 Å². The summed E-state index contributed by atoms with van der Waals surface area (Å²) in [7, 11) is 0. The van der Waals surface area contributed by atoms with Crippen LogP contribution in [0.5, 0.6) is 0 Å². The van der Waals surface area contributed by atoms with Crippen molar-refractivity contribution in [3.8, 4) is 0 Å². The van der Waals surface area contributed by atoms with Gasteiger partial charge in [-0.3, -0.25) is 9.59 Å². The molecule has 1 aliphatic rings. The van der Waals surface area contributed by atoms with Crippen LogP contribution >= 0.6 is 0 Å². The van der Waals surface area contributed by atoms with E-state index in [1.165, 1.54) is 18.2 Å². The number of fused-ring (bicyclic) bond motifs is 1. The van der Waals surface area contributed by atoms with Gasteiger partial charge in [0, 0.05) is 31.5 Å². The molecule has 1 N–H and O–H groups in total. The summed E-state index contributed by atoms with van der Waals surface area (Å²) in [6, 6.07) is 15.4. The molecular weight excluding hydrogens is 385 g/mol. The van der Waals surface area contributed by atoms with E-state index in [0.29, 0.717) is 43.9 Å². The van der Waals surface area contributed by atoms with Crippen LogP contribution in [0, 0.1) is 5.82 Å². The van der Waals surface area contributed by atoms with Gasteiger partial charge in [-0.25, -0.2) is 9.07 Å². The molecule has 0 unspecified atom stereocenters. The van der Waals surface area contributed by atoms with Gasteiger partial charge in [-0.05, 0) is 23.8 Å². The predicted octanol–water partition coefficient (Wildman–Crippen LogP) is 2.32.